The van der Waals surface area contributed by atoms with Crippen LogP contribution < -0.4 is 0 Å². The molecule has 1 aliphatic rings. The van der Waals surface area contributed by atoms with Gasteiger partial charge in [0.05, 0.1) is 0 Å². The molecule has 0 radical (unpaired) electrons. The highest BCUT2D eigenvalue weighted by atomic mass is 16.6. The van der Waals surface area contributed by atoms with Gasteiger partial charge in [-0.25, -0.2) is 4.79 Å². The van der Waals surface area contributed by atoms with Crippen molar-refractivity contribution in [2.75, 3.05) is 13.1 Å². The van der Waals surface area contributed by atoms with E-state index in [2.05, 4.69) is 24.9 Å². The summed E-state index contributed by atoms with van der Waals surface area (Å²) < 4.78 is 5.48. The van der Waals surface area contributed by atoms with Gasteiger partial charge in [0.1, 0.15) is 5.60 Å². The van der Waals surface area contributed by atoms with E-state index in [1.165, 1.54) is 11.3 Å². The molecule has 0 aliphatic carbocycles. The molecule has 2 heterocycles. The normalized spacial score (nSPS) is 17.9. The van der Waals surface area contributed by atoms with Gasteiger partial charge in [0.25, 0.3) is 0 Å². The summed E-state index contributed by atoms with van der Waals surface area (Å²) in [4.78, 5) is 18.5. The van der Waals surface area contributed by atoms with Crippen LogP contribution in [0.5, 0.6) is 0 Å². The number of pyridine rings is 1. The number of aryl methyl sites for hydroxylation is 1. The summed E-state index contributed by atoms with van der Waals surface area (Å²) in [6, 6.07) is 4.21. The Labute approximate surface area is 140 Å². The van der Waals surface area contributed by atoms with Crippen molar-refractivity contribution < 1.29 is 9.53 Å². The zero-order valence-corrected chi connectivity index (χ0v) is 15.2. The Bertz CT molecular complexity index is 541. The number of aromatic nitrogens is 1. The number of hydrogen-bond donors (Lipinski definition) is 0. The SMILES string of the molecule is CCc1ncccc1CC1(C)CCN(C(=O)OC(C)(C)C)CC1. The average molecular weight is 318 g/mol. The molecule has 1 amide bonds. The van der Waals surface area contributed by atoms with Gasteiger partial charge in [0, 0.05) is 25.0 Å². The molecular weight excluding hydrogens is 288 g/mol. The number of carbonyl (C=O) groups is 1. The molecule has 128 valence electrons. The third-order valence-electron chi connectivity index (χ3n) is 4.56. The number of hydrogen-bond acceptors (Lipinski definition) is 3. The maximum Gasteiger partial charge on any atom is 0.410 e. The zero-order valence-electron chi connectivity index (χ0n) is 15.2. The minimum absolute atomic E-state index is 0.185. The Morgan fingerprint density at radius 3 is 2.57 bits per heavy atom. The second-order valence-electron chi connectivity index (χ2n) is 7.92. The van der Waals surface area contributed by atoms with Crippen molar-refractivity contribution in [1.29, 1.82) is 0 Å². The number of amides is 1. The van der Waals surface area contributed by atoms with Crippen LogP contribution in [0.15, 0.2) is 18.3 Å². The van der Waals surface area contributed by atoms with Crippen LogP contribution in [0.25, 0.3) is 0 Å². The van der Waals surface area contributed by atoms with Crippen LogP contribution >= 0.6 is 0 Å². The molecule has 1 aromatic heterocycles. The highest BCUT2D eigenvalue weighted by Gasteiger charge is 2.34. The highest BCUT2D eigenvalue weighted by molar-refractivity contribution is 5.68. The monoisotopic (exact) mass is 318 g/mol. The van der Waals surface area contributed by atoms with Gasteiger partial charge in [-0.15, -0.1) is 0 Å². The number of carbonyl (C=O) groups excluding carboxylic acids is 1. The number of ether oxygens (including phenoxy) is 1. The Kier molecular flexibility index (Phi) is 5.33. The Hall–Kier alpha value is -1.58. The molecule has 1 aliphatic heterocycles. The quantitative estimate of drug-likeness (QED) is 0.838. The maximum absolute atomic E-state index is 12.2. The Morgan fingerprint density at radius 2 is 2.00 bits per heavy atom. The molecule has 1 aromatic rings. The summed E-state index contributed by atoms with van der Waals surface area (Å²) in [6.07, 6.45) is 5.70. The number of nitrogens with zero attached hydrogens (tertiary/aromatic N) is 2. The van der Waals surface area contributed by atoms with Crippen LogP contribution in [0.4, 0.5) is 4.79 Å². The smallest absolute Gasteiger partial charge is 0.410 e. The van der Waals surface area contributed by atoms with Crippen molar-refractivity contribution in [3.8, 4) is 0 Å². The van der Waals surface area contributed by atoms with Gasteiger partial charge >= 0.3 is 6.09 Å². The van der Waals surface area contributed by atoms with Crippen molar-refractivity contribution in [3.05, 3.63) is 29.6 Å². The van der Waals surface area contributed by atoms with Crippen molar-refractivity contribution >= 4 is 6.09 Å². The van der Waals surface area contributed by atoms with Gasteiger partial charge in [-0.1, -0.05) is 19.9 Å². The van der Waals surface area contributed by atoms with Crippen LogP contribution in [-0.4, -0.2) is 34.7 Å². The van der Waals surface area contributed by atoms with Gasteiger partial charge < -0.3 is 9.64 Å². The second-order valence-corrected chi connectivity index (χ2v) is 7.92. The van der Waals surface area contributed by atoms with Gasteiger partial charge in [-0.3, -0.25) is 4.98 Å². The predicted molar refractivity (Wildman–Crippen MR) is 92.5 cm³/mol. The van der Waals surface area contributed by atoms with Crippen molar-refractivity contribution in [1.82, 2.24) is 9.88 Å². The van der Waals surface area contributed by atoms with Gasteiger partial charge in [-0.05, 0) is 63.5 Å². The van der Waals surface area contributed by atoms with E-state index in [9.17, 15) is 4.79 Å². The fraction of sp³-hybridized carbons (Fsp3) is 0.684. The molecule has 0 spiro atoms. The van der Waals surface area contributed by atoms with Crippen molar-refractivity contribution in [2.45, 2.75) is 65.9 Å². The molecule has 1 saturated heterocycles. The van der Waals surface area contributed by atoms with Crippen LogP contribution in [0.1, 0.15) is 58.7 Å². The molecule has 23 heavy (non-hydrogen) atoms. The van der Waals surface area contributed by atoms with E-state index in [1.807, 2.05) is 37.9 Å². The molecule has 4 nitrogen and oxygen atoms in total. The maximum atomic E-state index is 12.2. The first-order chi connectivity index (χ1) is 10.7. The minimum atomic E-state index is -0.427. The van der Waals surface area contributed by atoms with E-state index in [-0.39, 0.29) is 11.5 Å². The molecule has 0 N–H and O–H groups in total. The average Bonchev–Trinajstić information content (AvgIpc) is 2.46. The number of piperidine rings is 1. The van der Waals surface area contributed by atoms with E-state index in [1.54, 1.807) is 0 Å². The lowest BCUT2D eigenvalue weighted by Gasteiger charge is -2.40. The first-order valence-electron chi connectivity index (χ1n) is 8.63. The topological polar surface area (TPSA) is 42.4 Å². The summed E-state index contributed by atoms with van der Waals surface area (Å²) in [5.74, 6) is 0. The molecule has 0 atom stereocenters. The van der Waals surface area contributed by atoms with E-state index in [0.717, 1.165) is 38.8 Å². The molecule has 0 saturated carbocycles. The summed E-state index contributed by atoms with van der Waals surface area (Å²) in [7, 11) is 0. The lowest BCUT2D eigenvalue weighted by molar-refractivity contribution is 0.0119. The number of likely N-dealkylation sites (tertiary alicyclic amines) is 1. The standard InChI is InChI=1S/C19H30N2O2/c1-6-16-15(8-7-11-20-16)14-19(5)9-12-21(13-10-19)17(22)23-18(2,3)4/h7-8,11H,6,9-10,12-14H2,1-5H3. The van der Waals surface area contributed by atoms with Crippen LogP contribution in [-0.2, 0) is 17.6 Å². The van der Waals surface area contributed by atoms with Crippen molar-refractivity contribution in [3.63, 3.8) is 0 Å². The molecule has 0 bridgehead atoms. The third kappa shape index (κ3) is 4.95. The van der Waals surface area contributed by atoms with Crippen LogP contribution in [0.2, 0.25) is 0 Å². The van der Waals surface area contributed by atoms with Gasteiger partial charge in [0.2, 0.25) is 0 Å². The Balaban J connectivity index is 1.96. The lowest BCUT2D eigenvalue weighted by Crippen LogP contribution is -2.45. The molecule has 0 unspecified atom stereocenters. The summed E-state index contributed by atoms with van der Waals surface area (Å²) in [5, 5.41) is 0. The van der Waals surface area contributed by atoms with Gasteiger partial charge in [-0.2, -0.15) is 0 Å². The number of rotatable bonds is 3. The largest absolute Gasteiger partial charge is 0.444 e. The van der Waals surface area contributed by atoms with E-state index in [4.69, 9.17) is 4.74 Å². The summed E-state index contributed by atoms with van der Waals surface area (Å²) in [6.45, 7) is 11.8. The summed E-state index contributed by atoms with van der Waals surface area (Å²) in [5.41, 5.74) is 2.35. The molecule has 0 aromatic carbocycles. The lowest BCUT2D eigenvalue weighted by atomic mass is 9.75. The fourth-order valence-electron chi connectivity index (χ4n) is 3.14. The molecule has 1 fully saturated rings. The predicted octanol–water partition coefficient (Wildman–Crippen LogP) is 4.22. The molecular formula is C19H30N2O2. The van der Waals surface area contributed by atoms with Crippen LogP contribution in [0, 0.1) is 5.41 Å². The highest BCUT2D eigenvalue weighted by Crippen LogP contribution is 2.35. The van der Waals surface area contributed by atoms with E-state index >= 15 is 0 Å². The molecule has 4 heteroatoms. The fourth-order valence-corrected chi connectivity index (χ4v) is 3.14. The van der Waals surface area contributed by atoms with E-state index in [0.29, 0.717) is 0 Å². The van der Waals surface area contributed by atoms with Gasteiger partial charge in [0.15, 0.2) is 0 Å². The Morgan fingerprint density at radius 1 is 1.35 bits per heavy atom. The van der Waals surface area contributed by atoms with Crippen LogP contribution in [0.3, 0.4) is 0 Å². The first kappa shape index (κ1) is 17.8. The van der Waals surface area contributed by atoms with E-state index < -0.39 is 5.60 Å². The first-order valence-corrected chi connectivity index (χ1v) is 8.63. The van der Waals surface area contributed by atoms with Crippen molar-refractivity contribution in [2.24, 2.45) is 5.41 Å². The zero-order chi connectivity index (χ0) is 17.1. The second kappa shape index (κ2) is 6.90. The molecule has 2 rings (SSSR count). The summed E-state index contributed by atoms with van der Waals surface area (Å²) >= 11 is 0. The third-order valence-corrected chi connectivity index (χ3v) is 4.56. The minimum Gasteiger partial charge on any atom is -0.444 e.